The molecule has 1 saturated heterocycles. The monoisotopic (exact) mass is 360 g/mol. The minimum atomic E-state index is -0.969. The Labute approximate surface area is 129 Å². The first-order valence-electron chi connectivity index (χ1n) is 6.30. The molecule has 2 amide bonds. The van der Waals surface area contributed by atoms with Gasteiger partial charge < -0.3 is 20.1 Å². The van der Waals surface area contributed by atoms with E-state index < -0.39 is 17.9 Å². The molecule has 2 N–H and O–H groups in total. The van der Waals surface area contributed by atoms with Gasteiger partial charge in [0.25, 0.3) is 0 Å². The second-order valence-corrected chi connectivity index (χ2v) is 5.45. The fraction of sp³-hybridized carbons (Fsp3) is 0.385. The zero-order chi connectivity index (χ0) is 15.4. The number of halogens is 2. The summed E-state index contributed by atoms with van der Waals surface area (Å²) in [5.74, 6) is -1.38. The highest BCUT2D eigenvalue weighted by atomic mass is 79.9. The number of aliphatic carboxylic acids is 1. The molecule has 0 aromatic heterocycles. The van der Waals surface area contributed by atoms with Gasteiger partial charge in [-0.25, -0.2) is 9.18 Å². The van der Waals surface area contributed by atoms with Crippen molar-refractivity contribution in [2.24, 2.45) is 0 Å². The maximum atomic E-state index is 13.0. The largest absolute Gasteiger partial charge is 0.481 e. The average molecular weight is 361 g/mol. The number of amides is 2. The zero-order valence-corrected chi connectivity index (χ0v) is 12.6. The van der Waals surface area contributed by atoms with Gasteiger partial charge in [0.05, 0.1) is 24.8 Å². The van der Waals surface area contributed by atoms with Gasteiger partial charge in [0.1, 0.15) is 5.82 Å². The van der Waals surface area contributed by atoms with Crippen LogP contribution in [0.3, 0.4) is 0 Å². The Bertz CT molecular complexity index is 555. The molecule has 1 heterocycles. The summed E-state index contributed by atoms with van der Waals surface area (Å²) in [5, 5.41) is 11.4. The fourth-order valence-electron chi connectivity index (χ4n) is 2.01. The van der Waals surface area contributed by atoms with Crippen molar-refractivity contribution in [1.29, 1.82) is 0 Å². The summed E-state index contributed by atoms with van der Waals surface area (Å²) in [7, 11) is 0. The van der Waals surface area contributed by atoms with Crippen LogP contribution in [0.5, 0.6) is 0 Å². The molecular formula is C13H14BrFN2O4. The Hall–Kier alpha value is -1.67. The number of hydrogen-bond acceptors (Lipinski definition) is 3. The van der Waals surface area contributed by atoms with Crippen molar-refractivity contribution in [2.75, 3.05) is 25.0 Å². The Kier molecular flexibility index (Phi) is 5.13. The Balaban J connectivity index is 1.97. The number of nitrogens with one attached hydrogen (secondary N) is 1. The van der Waals surface area contributed by atoms with Gasteiger partial charge >= 0.3 is 12.0 Å². The molecule has 0 aliphatic carbocycles. The van der Waals surface area contributed by atoms with Gasteiger partial charge in [-0.15, -0.1) is 0 Å². The highest BCUT2D eigenvalue weighted by Gasteiger charge is 2.26. The van der Waals surface area contributed by atoms with Gasteiger partial charge in [0.2, 0.25) is 0 Å². The number of carbonyl (C=O) groups excluding carboxylic acids is 1. The van der Waals surface area contributed by atoms with Crippen molar-refractivity contribution >= 4 is 33.6 Å². The van der Waals surface area contributed by atoms with E-state index >= 15 is 0 Å². The van der Waals surface area contributed by atoms with Gasteiger partial charge in [0.15, 0.2) is 0 Å². The van der Waals surface area contributed by atoms with Crippen LogP contribution in [0.2, 0.25) is 0 Å². The van der Waals surface area contributed by atoms with Gasteiger partial charge in [-0.05, 0) is 34.1 Å². The first-order chi connectivity index (χ1) is 9.95. The molecule has 0 spiro atoms. The minimum absolute atomic E-state index is 0.149. The van der Waals surface area contributed by atoms with Crippen molar-refractivity contribution in [3.8, 4) is 0 Å². The van der Waals surface area contributed by atoms with Gasteiger partial charge in [-0.1, -0.05) is 0 Å². The standard InChI is InChI=1S/C13H14BrFN2O4/c14-10-5-8(15)1-2-11(10)16-13(20)17-3-4-21-9(7-17)6-12(18)19/h1-2,5,9H,3-4,6-7H2,(H,16,20)(H,18,19). The molecule has 8 heteroatoms. The summed E-state index contributed by atoms with van der Waals surface area (Å²) in [4.78, 5) is 24.3. The summed E-state index contributed by atoms with van der Waals surface area (Å²) in [6.45, 7) is 0.869. The molecule has 0 radical (unpaired) electrons. The molecule has 1 aromatic rings. The predicted octanol–water partition coefficient (Wildman–Crippen LogP) is 2.30. The number of anilines is 1. The number of carboxylic acid groups (broad SMARTS) is 1. The van der Waals surface area contributed by atoms with Crippen molar-refractivity contribution in [3.63, 3.8) is 0 Å². The van der Waals surface area contributed by atoms with E-state index in [2.05, 4.69) is 21.2 Å². The summed E-state index contributed by atoms with van der Waals surface area (Å²) < 4.78 is 18.7. The number of hydrogen-bond donors (Lipinski definition) is 2. The fourth-order valence-corrected chi connectivity index (χ4v) is 2.46. The molecule has 1 aromatic carbocycles. The maximum Gasteiger partial charge on any atom is 0.322 e. The number of carboxylic acids is 1. The molecule has 0 bridgehead atoms. The van der Waals surface area contributed by atoms with Crippen molar-refractivity contribution < 1.29 is 23.8 Å². The molecule has 2 rings (SSSR count). The SMILES string of the molecule is O=C(O)CC1CN(C(=O)Nc2ccc(F)cc2Br)CCO1. The molecule has 1 atom stereocenters. The molecule has 6 nitrogen and oxygen atoms in total. The topological polar surface area (TPSA) is 78.9 Å². The van der Waals surface area contributed by atoms with Crippen LogP contribution in [0.15, 0.2) is 22.7 Å². The first kappa shape index (κ1) is 15.7. The van der Waals surface area contributed by atoms with Crippen LogP contribution < -0.4 is 5.32 Å². The smallest absolute Gasteiger partial charge is 0.322 e. The van der Waals surface area contributed by atoms with Crippen molar-refractivity contribution in [1.82, 2.24) is 4.90 Å². The molecule has 1 fully saturated rings. The number of urea groups is 1. The van der Waals surface area contributed by atoms with Crippen molar-refractivity contribution in [2.45, 2.75) is 12.5 Å². The van der Waals surface area contributed by atoms with Crippen LogP contribution in [0.1, 0.15) is 6.42 Å². The third kappa shape index (κ3) is 4.40. The van der Waals surface area contributed by atoms with Crippen LogP contribution in [-0.2, 0) is 9.53 Å². The molecule has 0 saturated carbocycles. The lowest BCUT2D eigenvalue weighted by molar-refractivity contribution is -0.141. The predicted molar refractivity (Wildman–Crippen MR) is 76.7 cm³/mol. The van der Waals surface area contributed by atoms with Gasteiger partial charge in [0, 0.05) is 17.6 Å². The quantitative estimate of drug-likeness (QED) is 0.866. The Morgan fingerprint density at radius 2 is 2.29 bits per heavy atom. The lowest BCUT2D eigenvalue weighted by Gasteiger charge is -2.32. The van der Waals surface area contributed by atoms with Crippen LogP contribution in [0.4, 0.5) is 14.9 Å². The summed E-state index contributed by atoms with van der Waals surface area (Å²) in [6, 6.07) is 3.57. The lowest BCUT2D eigenvalue weighted by Crippen LogP contribution is -2.47. The third-order valence-corrected chi connectivity index (χ3v) is 3.66. The number of benzene rings is 1. The highest BCUT2D eigenvalue weighted by Crippen LogP contribution is 2.23. The van der Waals surface area contributed by atoms with Crippen LogP contribution in [0.25, 0.3) is 0 Å². The third-order valence-electron chi connectivity index (χ3n) is 3.00. The van der Waals surface area contributed by atoms with E-state index in [1.807, 2.05) is 0 Å². The lowest BCUT2D eigenvalue weighted by atomic mass is 10.2. The average Bonchev–Trinajstić information content (AvgIpc) is 2.41. The number of nitrogens with zero attached hydrogens (tertiary/aromatic N) is 1. The molecule has 1 aliphatic rings. The van der Waals surface area contributed by atoms with Crippen molar-refractivity contribution in [3.05, 3.63) is 28.5 Å². The van der Waals surface area contributed by atoms with E-state index in [-0.39, 0.29) is 25.6 Å². The van der Waals surface area contributed by atoms with E-state index in [9.17, 15) is 14.0 Å². The minimum Gasteiger partial charge on any atom is -0.481 e. The first-order valence-corrected chi connectivity index (χ1v) is 7.09. The second kappa shape index (κ2) is 6.86. The van der Waals surface area contributed by atoms with E-state index in [0.29, 0.717) is 16.7 Å². The second-order valence-electron chi connectivity index (χ2n) is 4.59. The number of ether oxygens (including phenoxy) is 1. The van der Waals surface area contributed by atoms with Gasteiger partial charge in [-0.2, -0.15) is 0 Å². The molecule has 1 aliphatic heterocycles. The maximum absolute atomic E-state index is 13.0. The number of carbonyl (C=O) groups is 2. The summed E-state index contributed by atoms with van der Waals surface area (Å²) in [5.41, 5.74) is 0.447. The number of rotatable bonds is 3. The molecule has 114 valence electrons. The van der Waals surface area contributed by atoms with E-state index in [1.54, 1.807) is 0 Å². The normalized spacial score (nSPS) is 18.4. The van der Waals surface area contributed by atoms with Crippen LogP contribution in [0, 0.1) is 5.82 Å². The molecule has 21 heavy (non-hydrogen) atoms. The molecule has 1 unspecified atom stereocenters. The van der Waals surface area contributed by atoms with E-state index in [0.717, 1.165) is 0 Å². The zero-order valence-electron chi connectivity index (χ0n) is 11.0. The molecular weight excluding hydrogens is 347 g/mol. The van der Waals surface area contributed by atoms with Crippen LogP contribution in [-0.4, -0.2) is 47.8 Å². The van der Waals surface area contributed by atoms with E-state index in [1.165, 1.54) is 23.1 Å². The summed E-state index contributed by atoms with van der Waals surface area (Å²) >= 11 is 3.17. The van der Waals surface area contributed by atoms with E-state index in [4.69, 9.17) is 9.84 Å². The number of morpholine rings is 1. The Morgan fingerprint density at radius 1 is 1.52 bits per heavy atom. The summed E-state index contributed by atoms with van der Waals surface area (Å²) in [6.07, 6.45) is -0.664. The highest BCUT2D eigenvalue weighted by molar-refractivity contribution is 9.10. The van der Waals surface area contributed by atoms with Gasteiger partial charge in [-0.3, -0.25) is 4.79 Å². The Morgan fingerprint density at radius 3 is 2.95 bits per heavy atom. The van der Waals surface area contributed by atoms with Crippen LogP contribution >= 0.6 is 15.9 Å².